The Labute approximate surface area is 150 Å². The number of hydrogen-bond acceptors (Lipinski definition) is 4. The van der Waals surface area contributed by atoms with E-state index in [-0.39, 0.29) is 12.2 Å². The van der Waals surface area contributed by atoms with Crippen LogP contribution in [0.15, 0.2) is 54.6 Å². The maximum Gasteiger partial charge on any atom is 0.304 e. The van der Waals surface area contributed by atoms with Gasteiger partial charge in [-0.3, -0.25) is 4.79 Å². The van der Waals surface area contributed by atoms with Crippen LogP contribution in [-0.2, 0) is 9.53 Å². The van der Waals surface area contributed by atoms with Crippen molar-refractivity contribution in [2.45, 2.75) is 39.8 Å². The maximum absolute atomic E-state index is 11.5. The Morgan fingerprint density at radius 3 is 2.52 bits per heavy atom. The van der Waals surface area contributed by atoms with Gasteiger partial charge in [-0.1, -0.05) is 30.3 Å². The SMILES string of the molecule is CCN(c1cccc(C)c1)C(CCCOc1ccccc1)OC(C)=O. The topological polar surface area (TPSA) is 38.8 Å². The molecule has 0 aliphatic carbocycles. The van der Waals surface area contributed by atoms with Crippen LogP contribution in [-0.4, -0.2) is 25.3 Å². The highest BCUT2D eigenvalue weighted by atomic mass is 16.6. The van der Waals surface area contributed by atoms with Gasteiger partial charge in [0.2, 0.25) is 0 Å². The van der Waals surface area contributed by atoms with Crippen LogP contribution in [0.5, 0.6) is 5.75 Å². The Morgan fingerprint density at radius 1 is 1.12 bits per heavy atom. The third-order valence-corrected chi connectivity index (χ3v) is 3.93. The molecule has 0 spiro atoms. The van der Waals surface area contributed by atoms with Crippen LogP contribution in [0, 0.1) is 6.92 Å². The number of carbonyl (C=O) groups excluding carboxylic acids is 1. The van der Waals surface area contributed by atoms with E-state index in [4.69, 9.17) is 9.47 Å². The van der Waals surface area contributed by atoms with Crippen molar-refractivity contribution in [3.8, 4) is 5.75 Å². The summed E-state index contributed by atoms with van der Waals surface area (Å²) in [5.41, 5.74) is 2.25. The first-order valence-electron chi connectivity index (χ1n) is 8.78. The second-order valence-electron chi connectivity index (χ2n) is 5.99. The molecule has 0 aliphatic rings. The summed E-state index contributed by atoms with van der Waals surface area (Å²) in [7, 11) is 0. The zero-order chi connectivity index (χ0) is 18.1. The van der Waals surface area contributed by atoms with Crippen LogP contribution >= 0.6 is 0 Å². The molecule has 0 amide bonds. The Balaban J connectivity index is 1.97. The molecular weight excluding hydrogens is 314 g/mol. The Kier molecular flexibility index (Phi) is 7.33. The highest BCUT2D eigenvalue weighted by Crippen LogP contribution is 2.22. The molecule has 0 aliphatic heterocycles. The number of benzene rings is 2. The van der Waals surface area contributed by atoms with Gasteiger partial charge in [0, 0.05) is 25.6 Å². The van der Waals surface area contributed by atoms with Crippen LogP contribution < -0.4 is 9.64 Å². The van der Waals surface area contributed by atoms with Gasteiger partial charge in [0.15, 0.2) is 6.23 Å². The van der Waals surface area contributed by atoms with Gasteiger partial charge in [-0.2, -0.15) is 0 Å². The average molecular weight is 341 g/mol. The molecular formula is C21H27NO3. The van der Waals surface area contributed by atoms with Gasteiger partial charge in [-0.05, 0) is 50.1 Å². The first kappa shape index (κ1) is 18.8. The minimum absolute atomic E-state index is 0.264. The number of para-hydroxylation sites is 1. The van der Waals surface area contributed by atoms with Gasteiger partial charge < -0.3 is 14.4 Å². The van der Waals surface area contributed by atoms with Gasteiger partial charge in [0.05, 0.1) is 6.61 Å². The van der Waals surface area contributed by atoms with E-state index in [2.05, 4.69) is 30.9 Å². The molecule has 25 heavy (non-hydrogen) atoms. The molecule has 4 heteroatoms. The van der Waals surface area contributed by atoms with Gasteiger partial charge in [-0.25, -0.2) is 0 Å². The second-order valence-corrected chi connectivity index (χ2v) is 5.99. The van der Waals surface area contributed by atoms with E-state index in [0.717, 1.165) is 24.4 Å². The van der Waals surface area contributed by atoms with Gasteiger partial charge in [0.1, 0.15) is 5.75 Å². The predicted octanol–water partition coefficient (Wildman–Crippen LogP) is 4.57. The molecule has 0 aromatic heterocycles. The lowest BCUT2D eigenvalue weighted by atomic mass is 10.2. The number of carbonyl (C=O) groups is 1. The number of ether oxygens (including phenoxy) is 2. The quantitative estimate of drug-likeness (QED) is 0.380. The maximum atomic E-state index is 11.5. The van der Waals surface area contributed by atoms with Crippen molar-refractivity contribution < 1.29 is 14.3 Å². The van der Waals surface area contributed by atoms with Crippen LogP contribution in [0.4, 0.5) is 5.69 Å². The van der Waals surface area contributed by atoms with Crippen LogP contribution in [0.3, 0.4) is 0 Å². The standard InChI is InChI=1S/C21H27NO3/c1-4-22(19-11-8-10-17(2)16-19)21(25-18(3)23)14-9-15-24-20-12-6-5-7-13-20/h5-8,10-13,16,21H,4,9,14-15H2,1-3H3. The monoisotopic (exact) mass is 341 g/mol. The zero-order valence-corrected chi connectivity index (χ0v) is 15.3. The molecule has 1 atom stereocenters. The molecule has 2 rings (SSSR count). The first-order valence-corrected chi connectivity index (χ1v) is 8.78. The molecule has 0 fully saturated rings. The summed E-state index contributed by atoms with van der Waals surface area (Å²) < 4.78 is 11.3. The second kappa shape index (κ2) is 9.72. The molecule has 134 valence electrons. The Hall–Kier alpha value is -2.49. The Bertz CT molecular complexity index is 657. The smallest absolute Gasteiger partial charge is 0.304 e. The molecule has 1 unspecified atom stereocenters. The fraction of sp³-hybridized carbons (Fsp3) is 0.381. The van der Waals surface area contributed by atoms with Gasteiger partial charge in [-0.15, -0.1) is 0 Å². The van der Waals surface area contributed by atoms with Crippen LogP contribution in [0.2, 0.25) is 0 Å². The number of aryl methyl sites for hydroxylation is 1. The van der Waals surface area contributed by atoms with Crippen LogP contribution in [0.25, 0.3) is 0 Å². The normalized spacial score (nSPS) is 11.6. The summed E-state index contributed by atoms with van der Waals surface area (Å²) in [5.74, 6) is 0.595. The summed E-state index contributed by atoms with van der Waals surface area (Å²) in [6.45, 7) is 6.94. The van der Waals surface area contributed by atoms with E-state index in [0.29, 0.717) is 13.0 Å². The Morgan fingerprint density at radius 2 is 1.88 bits per heavy atom. The van der Waals surface area contributed by atoms with Crippen molar-refractivity contribution in [2.24, 2.45) is 0 Å². The van der Waals surface area contributed by atoms with E-state index >= 15 is 0 Å². The van der Waals surface area contributed by atoms with Crippen molar-refractivity contribution in [1.82, 2.24) is 0 Å². The molecule has 0 N–H and O–H groups in total. The van der Waals surface area contributed by atoms with Crippen molar-refractivity contribution in [2.75, 3.05) is 18.1 Å². The van der Waals surface area contributed by atoms with Crippen LogP contribution in [0.1, 0.15) is 32.3 Å². The third kappa shape index (κ3) is 6.14. The summed E-state index contributed by atoms with van der Waals surface area (Å²) in [6.07, 6.45) is 1.23. The summed E-state index contributed by atoms with van der Waals surface area (Å²) in [6, 6.07) is 18.0. The van der Waals surface area contributed by atoms with Crippen molar-refractivity contribution in [1.29, 1.82) is 0 Å². The number of rotatable bonds is 9. The van der Waals surface area contributed by atoms with E-state index in [9.17, 15) is 4.79 Å². The van der Waals surface area contributed by atoms with E-state index in [1.54, 1.807) is 0 Å². The molecule has 2 aromatic carbocycles. The molecule has 0 radical (unpaired) electrons. The minimum Gasteiger partial charge on any atom is -0.494 e. The molecule has 0 heterocycles. The number of hydrogen-bond donors (Lipinski definition) is 0. The zero-order valence-electron chi connectivity index (χ0n) is 15.3. The first-order chi connectivity index (χ1) is 12.1. The molecule has 4 nitrogen and oxygen atoms in total. The summed E-state index contributed by atoms with van der Waals surface area (Å²) >= 11 is 0. The molecule has 2 aromatic rings. The largest absolute Gasteiger partial charge is 0.494 e. The van der Waals surface area contributed by atoms with Crippen molar-refractivity contribution in [3.63, 3.8) is 0 Å². The van der Waals surface area contributed by atoms with E-state index in [1.807, 2.05) is 42.5 Å². The summed E-state index contributed by atoms with van der Waals surface area (Å²) in [5, 5.41) is 0. The number of nitrogens with zero attached hydrogens (tertiary/aromatic N) is 1. The molecule has 0 saturated heterocycles. The van der Waals surface area contributed by atoms with E-state index < -0.39 is 0 Å². The highest BCUT2D eigenvalue weighted by Gasteiger charge is 2.20. The fourth-order valence-corrected chi connectivity index (χ4v) is 2.79. The van der Waals surface area contributed by atoms with Crippen molar-refractivity contribution in [3.05, 3.63) is 60.2 Å². The molecule has 0 bridgehead atoms. The third-order valence-electron chi connectivity index (χ3n) is 3.93. The highest BCUT2D eigenvalue weighted by molar-refractivity contribution is 5.66. The van der Waals surface area contributed by atoms with Gasteiger partial charge in [0.25, 0.3) is 0 Å². The lowest BCUT2D eigenvalue weighted by Crippen LogP contribution is -2.38. The number of anilines is 1. The fourth-order valence-electron chi connectivity index (χ4n) is 2.79. The minimum atomic E-state index is -0.288. The lowest BCUT2D eigenvalue weighted by molar-refractivity contribution is -0.146. The van der Waals surface area contributed by atoms with E-state index in [1.165, 1.54) is 12.5 Å². The average Bonchev–Trinajstić information content (AvgIpc) is 2.59. The number of esters is 1. The summed E-state index contributed by atoms with van der Waals surface area (Å²) in [4.78, 5) is 13.7. The predicted molar refractivity (Wildman–Crippen MR) is 101 cm³/mol. The van der Waals surface area contributed by atoms with Crippen molar-refractivity contribution >= 4 is 11.7 Å². The molecule has 0 saturated carbocycles. The lowest BCUT2D eigenvalue weighted by Gasteiger charge is -2.32. The van der Waals surface area contributed by atoms with Gasteiger partial charge >= 0.3 is 5.97 Å².